The molecule has 1 aliphatic carbocycles. The molecule has 1 nitrogen and oxygen atoms in total. The summed E-state index contributed by atoms with van der Waals surface area (Å²) >= 11 is 0. The summed E-state index contributed by atoms with van der Waals surface area (Å²) < 4.78 is 98.8. The zero-order valence-electron chi connectivity index (χ0n) is 18.1. The summed E-state index contributed by atoms with van der Waals surface area (Å²) in [5, 5.41) is 0. The number of hydrogen-bond donors (Lipinski definition) is 0. The second-order valence-corrected chi connectivity index (χ2v) is 8.36. The van der Waals surface area contributed by atoms with Gasteiger partial charge in [-0.3, -0.25) is 0 Å². The van der Waals surface area contributed by atoms with Crippen molar-refractivity contribution in [1.29, 1.82) is 0 Å². The highest BCUT2D eigenvalue weighted by atomic mass is 19.4. The third-order valence-corrected chi connectivity index (χ3v) is 6.08. The molecule has 0 bridgehead atoms. The lowest BCUT2D eigenvalue weighted by Crippen LogP contribution is -2.23. The van der Waals surface area contributed by atoms with Crippen LogP contribution in [0.5, 0.6) is 5.75 Å². The van der Waals surface area contributed by atoms with Crippen LogP contribution in [0.25, 0.3) is 0 Å². The molecule has 180 valence electrons. The van der Waals surface area contributed by atoms with E-state index < -0.39 is 35.0 Å². The molecular weight excluding hydrogens is 449 g/mol. The zero-order valence-corrected chi connectivity index (χ0v) is 18.1. The molecule has 1 fully saturated rings. The van der Waals surface area contributed by atoms with E-state index in [0.29, 0.717) is 11.8 Å². The van der Waals surface area contributed by atoms with E-state index in [-0.39, 0.29) is 17.9 Å². The summed E-state index contributed by atoms with van der Waals surface area (Å²) in [6, 6.07) is 5.88. The molecule has 0 aromatic heterocycles. The minimum absolute atomic E-state index is 0.0605. The standard InChI is InChI=1S/C25H25F7O/c1-2-3-4-5-16-6-8-17(9-7-16)18-10-12-20(13-11-18)33-25(31,32)19-14-21(26)23(22(27)15-19)24(28,29)30/h2-3,10-17H,4-9H2,1H3/b3-2+. The molecule has 0 unspecified atom stereocenters. The van der Waals surface area contributed by atoms with Gasteiger partial charge in [-0.05, 0) is 87.1 Å². The van der Waals surface area contributed by atoms with Gasteiger partial charge in [0.05, 0.1) is 5.56 Å². The van der Waals surface area contributed by atoms with Crippen molar-refractivity contribution in [2.45, 2.75) is 63.7 Å². The van der Waals surface area contributed by atoms with E-state index in [4.69, 9.17) is 0 Å². The summed E-state index contributed by atoms with van der Waals surface area (Å²) in [7, 11) is 0. The molecule has 3 rings (SSSR count). The average molecular weight is 474 g/mol. The molecular formula is C25H25F7O. The van der Waals surface area contributed by atoms with E-state index in [0.717, 1.165) is 44.1 Å². The third-order valence-electron chi connectivity index (χ3n) is 6.08. The first-order valence-corrected chi connectivity index (χ1v) is 10.9. The first-order chi connectivity index (χ1) is 15.5. The van der Waals surface area contributed by atoms with Crippen LogP contribution in [-0.4, -0.2) is 0 Å². The molecule has 0 saturated heterocycles. The smallest absolute Gasteiger partial charge is 0.426 e. The summed E-state index contributed by atoms with van der Waals surface area (Å²) in [4.78, 5) is 0. The molecule has 2 aromatic rings. The average Bonchev–Trinajstić information content (AvgIpc) is 2.73. The van der Waals surface area contributed by atoms with Crippen molar-refractivity contribution in [3.05, 3.63) is 76.9 Å². The predicted octanol–water partition coefficient (Wildman–Crippen LogP) is 8.74. The van der Waals surface area contributed by atoms with Gasteiger partial charge in [-0.1, -0.05) is 24.3 Å². The largest absolute Gasteiger partial charge is 0.429 e. The zero-order chi connectivity index (χ0) is 24.2. The molecule has 8 heteroatoms. The van der Waals surface area contributed by atoms with E-state index in [9.17, 15) is 30.7 Å². The first kappa shape index (κ1) is 25.1. The highest BCUT2D eigenvalue weighted by Gasteiger charge is 2.42. The molecule has 33 heavy (non-hydrogen) atoms. The summed E-state index contributed by atoms with van der Waals surface area (Å²) in [5.41, 5.74) is -2.57. The van der Waals surface area contributed by atoms with E-state index in [1.54, 1.807) is 12.1 Å². The van der Waals surface area contributed by atoms with Crippen LogP contribution in [0, 0.1) is 17.6 Å². The fourth-order valence-electron chi connectivity index (χ4n) is 4.31. The Morgan fingerprint density at radius 2 is 1.48 bits per heavy atom. The Labute approximate surface area is 188 Å². The fraction of sp³-hybridized carbons (Fsp3) is 0.440. The second kappa shape index (κ2) is 10.2. The van der Waals surface area contributed by atoms with Crippen molar-refractivity contribution < 1.29 is 35.5 Å². The number of hydrogen-bond acceptors (Lipinski definition) is 1. The quantitative estimate of drug-likeness (QED) is 0.288. The maximum absolute atomic E-state index is 14.4. The van der Waals surface area contributed by atoms with Crippen LogP contribution in [0.2, 0.25) is 0 Å². The minimum atomic E-state index is -5.34. The van der Waals surface area contributed by atoms with E-state index in [1.165, 1.54) is 12.1 Å². The lowest BCUT2D eigenvalue weighted by atomic mass is 9.77. The second-order valence-electron chi connectivity index (χ2n) is 8.36. The highest BCUT2D eigenvalue weighted by Crippen LogP contribution is 2.40. The molecule has 0 spiro atoms. The number of halogens is 7. The Balaban J connectivity index is 1.65. The Morgan fingerprint density at radius 3 is 2.00 bits per heavy atom. The predicted molar refractivity (Wildman–Crippen MR) is 111 cm³/mol. The molecule has 0 heterocycles. The van der Waals surface area contributed by atoms with E-state index in [1.807, 2.05) is 13.0 Å². The molecule has 1 saturated carbocycles. The van der Waals surface area contributed by atoms with Crippen molar-refractivity contribution in [3.63, 3.8) is 0 Å². The van der Waals surface area contributed by atoms with Gasteiger partial charge >= 0.3 is 12.3 Å². The molecule has 0 aliphatic heterocycles. The van der Waals surface area contributed by atoms with Gasteiger partial charge in [0.1, 0.15) is 22.9 Å². The van der Waals surface area contributed by atoms with Gasteiger partial charge in [0.15, 0.2) is 0 Å². The topological polar surface area (TPSA) is 9.23 Å². The Bertz CT molecular complexity index is 933. The number of ether oxygens (including phenoxy) is 1. The SMILES string of the molecule is C/C=C/CCC1CCC(c2ccc(OC(F)(F)c3cc(F)c(C(F)(F)F)c(F)c3)cc2)CC1. The first-order valence-electron chi connectivity index (χ1n) is 10.9. The van der Waals surface area contributed by atoms with Crippen LogP contribution in [0.1, 0.15) is 68.1 Å². The Hall–Kier alpha value is -2.51. The van der Waals surface area contributed by atoms with Gasteiger partial charge in [-0.2, -0.15) is 22.0 Å². The van der Waals surface area contributed by atoms with Crippen LogP contribution in [0.3, 0.4) is 0 Å². The van der Waals surface area contributed by atoms with Gasteiger partial charge in [-0.15, -0.1) is 0 Å². The van der Waals surface area contributed by atoms with Gasteiger partial charge in [0.25, 0.3) is 0 Å². The van der Waals surface area contributed by atoms with Gasteiger partial charge in [0.2, 0.25) is 0 Å². The molecule has 1 aliphatic rings. The van der Waals surface area contributed by atoms with E-state index in [2.05, 4.69) is 10.8 Å². The van der Waals surface area contributed by atoms with Crippen molar-refractivity contribution in [3.8, 4) is 5.75 Å². The van der Waals surface area contributed by atoms with Gasteiger partial charge in [0, 0.05) is 0 Å². The number of rotatable bonds is 7. The van der Waals surface area contributed by atoms with Gasteiger partial charge in [-0.25, -0.2) is 8.78 Å². The molecule has 0 radical (unpaired) electrons. The fourth-order valence-corrected chi connectivity index (χ4v) is 4.31. The lowest BCUT2D eigenvalue weighted by molar-refractivity contribution is -0.186. The molecule has 0 N–H and O–H groups in total. The summed E-state index contributed by atoms with van der Waals surface area (Å²) in [6.45, 7) is 2.00. The highest BCUT2D eigenvalue weighted by molar-refractivity contribution is 5.33. The van der Waals surface area contributed by atoms with Crippen molar-refractivity contribution in [2.75, 3.05) is 0 Å². The maximum atomic E-state index is 14.4. The van der Waals surface area contributed by atoms with Gasteiger partial charge < -0.3 is 4.74 Å². The normalized spacial score (nSPS) is 19.8. The molecule has 0 amide bonds. The number of benzene rings is 2. The number of allylic oxidation sites excluding steroid dienone is 2. The molecule has 2 aromatic carbocycles. The third kappa shape index (κ3) is 6.30. The van der Waals surface area contributed by atoms with Crippen molar-refractivity contribution in [2.24, 2.45) is 5.92 Å². The van der Waals surface area contributed by atoms with Crippen LogP contribution < -0.4 is 4.74 Å². The van der Waals surface area contributed by atoms with Crippen molar-refractivity contribution in [1.82, 2.24) is 0 Å². The summed E-state index contributed by atoms with van der Waals surface area (Å²) in [5.74, 6) is -3.52. The van der Waals surface area contributed by atoms with Crippen LogP contribution in [-0.2, 0) is 12.3 Å². The van der Waals surface area contributed by atoms with Crippen LogP contribution >= 0.6 is 0 Å². The summed E-state index contributed by atoms with van der Waals surface area (Å²) in [6.07, 6.45) is 1.07. The number of alkyl halides is 5. The molecule has 0 atom stereocenters. The van der Waals surface area contributed by atoms with Crippen LogP contribution in [0.4, 0.5) is 30.7 Å². The maximum Gasteiger partial charge on any atom is 0.426 e. The Kier molecular flexibility index (Phi) is 7.75. The monoisotopic (exact) mass is 474 g/mol. The van der Waals surface area contributed by atoms with Crippen molar-refractivity contribution >= 4 is 0 Å². The Morgan fingerprint density at radius 1 is 0.909 bits per heavy atom. The van der Waals surface area contributed by atoms with Crippen LogP contribution in [0.15, 0.2) is 48.6 Å². The van der Waals surface area contributed by atoms with E-state index >= 15 is 0 Å². The lowest BCUT2D eigenvalue weighted by Gasteiger charge is -2.29. The minimum Gasteiger partial charge on any atom is -0.429 e.